The quantitative estimate of drug-likeness (QED) is 0.385. The first-order valence-corrected chi connectivity index (χ1v) is 12.7. The lowest BCUT2D eigenvalue weighted by Crippen LogP contribution is -2.45. The highest BCUT2D eigenvalue weighted by molar-refractivity contribution is 5.81. The molecule has 0 unspecified atom stereocenters. The van der Waals surface area contributed by atoms with E-state index in [9.17, 15) is 0 Å². The van der Waals surface area contributed by atoms with Crippen LogP contribution in [0.3, 0.4) is 0 Å². The zero-order valence-corrected chi connectivity index (χ0v) is 21.4. The van der Waals surface area contributed by atoms with Gasteiger partial charge >= 0.3 is 0 Å². The van der Waals surface area contributed by atoms with E-state index in [-0.39, 0.29) is 0 Å². The highest BCUT2D eigenvalue weighted by atomic mass is 16.5. The third kappa shape index (κ3) is 5.85. The van der Waals surface area contributed by atoms with Crippen molar-refractivity contribution in [2.45, 2.75) is 58.8 Å². The molecule has 9 heteroatoms. The maximum atomic E-state index is 5.83. The molecule has 1 aliphatic heterocycles. The Kier molecular flexibility index (Phi) is 7.20. The number of aryl methyl sites for hydroxylation is 1. The van der Waals surface area contributed by atoms with Crippen LogP contribution in [0, 0.1) is 0 Å². The first kappa shape index (κ1) is 24.3. The molecule has 2 atom stereocenters. The lowest BCUT2D eigenvalue weighted by molar-refractivity contribution is -0.0683. The zero-order valence-electron chi connectivity index (χ0n) is 21.4. The molecule has 0 radical (unpaired) electrons. The molecule has 36 heavy (non-hydrogen) atoms. The molecule has 5 rings (SSSR count). The Morgan fingerprint density at radius 3 is 2.61 bits per heavy atom. The van der Waals surface area contributed by atoms with Crippen molar-refractivity contribution in [1.29, 1.82) is 0 Å². The van der Waals surface area contributed by atoms with E-state index >= 15 is 0 Å². The van der Waals surface area contributed by atoms with Gasteiger partial charge in [0.15, 0.2) is 5.82 Å². The van der Waals surface area contributed by atoms with Gasteiger partial charge in [-0.3, -0.25) is 14.6 Å². The summed E-state index contributed by atoms with van der Waals surface area (Å²) in [4.78, 5) is 11.9. The van der Waals surface area contributed by atoms with Gasteiger partial charge in [-0.1, -0.05) is 13.8 Å². The van der Waals surface area contributed by atoms with Gasteiger partial charge in [0.05, 0.1) is 35.6 Å². The van der Waals surface area contributed by atoms with Crippen LogP contribution in [0.2, 0.25) is 0 Å². The van der Waals surface area contributed by atoms with Gasteiger partial charge in [-0.25, -0.2) is 4.98 Å². The van der Waals surface area contributed by atoms with Crippen LogP contribution in [0.4, 0.5) is 11.6 Å². The Morgan fingerprint density at radius 1 is 0.972 bits per heavy atom. The molecule has 188 valence electrons. The number of nitrogens with zero attached hydrogens (tertiary/aromatic N) is 7. The van der Waals surface area contributed by atoms with E-state index in [4.69, 9.17) is 9.72 Å². The molecule has 9 nitrogen and oxygen atoms in total. The molecule has 0 aromatic carbocycles. The SMILES string of the molecule is CC(C)c1cnnc(Nc2ccc3ncc(-c4cnn(CCCN5C[C@@H](C)O[C@H](C)C5)c4)cc3n2)c1. The minimum atomic E-state index is 0.299. The maximum Gasteiger partial charge on any atom is 0.154 e. The summed E-state index contributed by atoms with van der Waals surface area (Å²) in [6.45, 7) is 12.5. The largest absolute Gasteiger partial charge is 0.373 e. The summed E-state index contributed by atoms with van der Waals surface area (Å²) in [6, 6.07) is 7.94. The Bertz CT molecular complexity index is 1310. The van der Waals surface area contributed by atoms with E-state index < -0.39 is 0 Å². The number of fused-ring (bicyclic) bond motifs is 1. The molecule has 1 N–H and O–H groups in total. The third-order valence-electron chi connectivity index (χ3n) is 6.46. The Balaban J connectivity index is 1.25. The molecule has 0 bridgehead atoms. The number of nitrogens with one attached hydrogen (secondary N) is 1. The normalized spacial score (nSPS) is 18.7. The van der Waals surface area contributed by atoms with Gasteiger partial charge in [-0.15, -0.1) is 5.10 Å². The summed E-state index contributed by atoms with van der Waals surface area (Å²) in [6.07, 6.45) is 9.31. The van der Waals surface area contributed by atoms with E-state index in [1.807, 2.05) is 35.3 Å². The summed E-state index contributed by atoms with van der Waals surface area (Å²) in [7, 11) is 0. The van der Waals surface area contributed by atoms with Gasteiger partial charge in [0.2, 0.25) is 0 Å². The van der Waals surface area contributed by atoms with E-state index in [1.54, 1.807) is 6.20 Å². The molecular weight excluding hydrogens is 452 g/mol. The van der Waals surface area contributed by atoms with Crippen LogP contribution in [0.5, 0.6) is 0 Å². The second kappa shape index (κ2) is 10.7. The van der Waals surface area contributed by atoms with Crippen molar-refractivity contribution in [3.8, 4) is 11.1 Å². The fourth-order valence-corrected chi connectivity index (χ4v) is 4.68. The fourth-order valence-electron chi connectivity index (χ4n) is 4.68. The number of hydrogen-bond acceptors (Lipinski definition) is 8. The molecular formula is C27H34N8O. The average molecular weight is 487 g/mol. The van der Waals surface area contributed by atoms with Crippen molar-refractivity contribution in [3.05, 3.63) is 54.6 Å². The van der Waals surface area contributed by atoms with Crippen LogP contribution in [0.15, 0.2) is 49.1 Å². The van der Waals surface area contributed by atoms with Crippen LogP contribution in [-0.2, 0) is 11.3 Å². The highest BCUT2D eigenvalue weighted by Crippen LogP contribution is 2.24. The number of anilines is 2. The molecule has 1 aliphatic rings. The van der Waals surface area contributed by atoms with E-state index in [1.165, 1.54) is 0 Å². The second-order valence-electron chi connectivity index (χ2n) is 9.98. The van der Waals surface area contributed by atoms with Crippen LogP contribution >= 0.6 is 0 Å². The summed E-state index contributed by atoms with van der Waals surface area (Å²) in [5, 5.41) is 16.1. The van der Waals surface area contributed by atoms with Crippen LogP contribution in [-0.4, -0.2) is 66.7 Å². The predicted octanol–water partition coefficient (Wildman–Crippen LogP) is 4.65. The molecule has 4 aromatic heterocycles. The highest BCUT2D eigenvalue weighted by Gasteiger charge is 2.21. The smallest absolute Gasteiger partial charge is 0.154 e. The number of pyridine rings is 2. The lowest BCUT2D eigenvalue weighted by Gasteiger charge is -2.35. The fraction of sp³-hybridized carbons (Fsp3) is 0.444. The Hall–Kier alpha value is -3.43. The Morgan fingerprint density at radius 2 is 1.81 bits per heavy atom. The van der Waals surface area contributed by atoms with Gasteiger partial charge in [0.1, 0.15) is 5.82 Å². The van der Waals surface area contributed by atoms with Crippen LogP contribution in [0.1, 0.15) is 45.6 Å². The molecule has 5 heterocycles. The van der Waals surface area contributed by atoms with Gasteiger partial charge in [0, 0.05) is 49.7 Å². The summed E-state index contributed by atoms with van der Waals surface area (Å²) >= 11 is 0. The number of aromatic nitrogens is 6. The monoisotopic (exact) mass is 486 g/mol. The lowest BCUT2D eigenvalue weighted by atomic mass is 10.1. The zero-order chi connectivity index (χ0) is 25.1. The first-order chi connectivity index (χ1) is 17.4. The number of rotatable bonds is 8. The minimum absolute atomic E-state index is 0.299. The third-order valence-corrected chi connectivity index (χ3v) is 6.46. The summed E-state index contributed by atoms with van der Waals surface area (Å²) in [5.74, 6) is 1.77. The first-order valence-electron chi connectivity index (χ1n) is 12.7. The minimum Gasteiger partial charge on any atom is -0.373 e. The van der Waals surface area contributed by atoms with E-state index in [2.05, 4.69) is 70.5 Å². The Labute approximate surface area is 211 Å². The molecule has 0 aliphatic carbocycles. The second-order valence-corrected chi connectivity index (χ2v) is 9.98. The molecule has 0 amide bonds. The van der Waals surface area contributed by atoms with Crippen molar-refractivity contribution >= 4 is 22.7 Å². The van der Waals surface area contributed by atoms with Crippen LogP contribution in [0.25, 0.3) is 22.2 Å². The molecule has 0 spiro atoms. The van der Waals surface area contributed by atoms with Gasteiger partial charge in [0.25, 0.3) is 0 Å². The average Bonchev–Trinajstić information content (AvgIpc) is 3.32. The van der Waals surface area contributed by atoms with Gasteiger partial charge in [-0.2, -0.15) is 10.2 Å². The molecule has 1 fully saturated rings. The number of ether oxygens (including phenoxy) is 1. The molecule has 1 saturated heterocycles. The van der Waals surface area contributed by atoms with Crippen molar-refractivity contribution < 1.29 is 4.74 Å². The summed E-state index contributed by atoms with van der Waals surface area (Å²) in [5.41, 5.74) is 4.81. The standard InChI is InChI=1S/C27H34N8O/c1-18(2)21-11-27(33-29-13-21)32-26-7-6-24-25(31-26)10-22(12-28-24)23-14-30-35(17-23)9-5-8-34-15-19(3)36-20(4)16-34/h6-7,10-14,17-20H,5,8-9,15-16H2,1-4H3,(H,31,32,33)/t19-,20-/m1/s1. The van der Waals surface area contributed by atoms with Crippen molar-refractivity contribution in [2.24, 2.45) is 0 Å². The van der Waals surface area contributed by atoms with Crippen molar-refractivity contribution in [3.63, 3.8) is 0 Å². The molecule has 0 saturated carbocycles. The number of morpholine rings is 1. The predicted molar refractivity (Wildman–Crippen MR) is 141 cm³/mol. The van der Waals surface area contributed by atoms with Crippen molar-refractivity contribution in [2.75, 3.05) is 25.0 Å². The number of hydrogen-bond donors (Lipinski definition) is 1. The van der Waals surface area contributed by atoms with E-state index in [0.717, 1.165) is 60.3 Å². The maximum absolute atomic E-state index is 5.83. The van der Waals surface area contributed by atoms with E-state index in [0.29, 0.717) is 29.8 Å². The van der Waals surface area contributed by atoms with Gasteiger partial charge < -0.3 is 10.1 Å². The van der Waals surface area contributed by atoms with Crippen molar-refractivity contribution in [1.82, 2.24) is 34.8 Å². The molecule has 4 aromatic rings. The topological polar surface area (TPSA) is 93.9 Å². The van der Waals surface area contributed by atoms with Crippen LogP contribution < -0.4 is 5.32 Å². The van der Waals surface area contributed by atoms with Gasteiger partial charge in [-0.05, 0) is 56.0 Å². The summed E-state index contributed by atoms with van der Waals surface area (Å²) < 4.78 is 7.85.